The topological polar surface area (TPSA) is 93.0 Å². The number of aromatic nitrogens is 4. The Morgan fingerprint density at radius 2 is 2.20 bits per heavy atom. The Morgan fingerprint density at radius 1 is 1.30 bits per heavy atom. The predicted octanol–water partition coefficient (Wildman–Crippen LogP) is 1.70. The molecule has 3 aromatic rings. The number of rotatable bonds is 4. The quantitative estimate of drug-likeness (QED) is 0.432. The van der Waals surface area contributed by atoms with Gasteiger partial charge in [0.15, 0.2) is 10.8 Å². The van der Waals surface area contributed by atoms with Gasteiger partial charge in [-0.2, -0.15) is 0 Å². The maximum absolute atomic E-state index is 7.39. The van der Waals surface area contributed by atoms with Gasteiger partial charge >= 0.3 is 0 Å². The van der Waals surface area contributed by atoms with Crippen LogP contribution in [0.4, 0.5) is 0 Å². The van der Waals surface area contributed by atoms with Crippen LogP contribution in [0.5, 0.6) is 0 Å². The van der Waals surface area contributed by atoms with Gasteiger partial charge in [-0.15, -0.1) is 10.2 Å². The molecule has 3 heterocycles. The molecule has 100 valence electrons. The van der Waals surface area contributed by atoms with Gasteiger partial charge in [0.2, 0.25) is 0 Å². The van der Waals surface area contributed by atoms with Crippen molar-refractivity contribution in [2.24, 2.45) is 5.73 Å². The highest BCUT2D eigenvalue weighted by Gasteiger charge is 2.06. The van der Waals surface area contributed by atoms with Crippen molar-refractivity contribution in [3.63, 3.8) is 0 Å². The first-order chi connectivity index (χ1) is 9.74. The van der Waals surface area contributed by atoms with Gasteiger partial charge in [-0.05, 0) is 29.8 Å². The fourth-order valence-corrected chi connectivity index (χ4v) is 2.64. The summed E-state index contributed by atoms with van der Waals surface area (Å²) in [6.45, 7) is 0. The van der Waals surface area contributed by atoms with Crippen LogP contribution in [0, 0.1) is 5.41 Å². The normalized spacial score (nSPS) is 10.8. The summed E-state index contributed by atoms with van der Waals surface area (Å²) in [7, 11) is 0. The van der Waals surface area contributed by atoms with Crippen LogP contribution < -0.4 is 5.73 Å². The smallest absolute Gasteiger partial charge is 0.195 e. The Hall–Kier alpha value is -2.41. The third-order valence-electron chi connectivity index (χ3n) is 2.75. The van der Waals surface area contributed by atoms with Crippen molar-refractivity contribution in [2.75, 3.05) is 0 Å². The first-order valence-corrected chi connectivity index (χ1v) is 6.94. The summed E-state index contributed by atoms with van der Waals surface area (Å²) < 4.78 is 1.94. The first kappa shape index (κ1) is 12.6. The SMILES string of the molecule is N=C(N)c1cc(CSc2nnc3ccccn23)ccn1. The monoisotopic (exact) mass is 284 g/mol. The van der Waals surface area contributed by atoms with E-state index in [9.17, 15) is 0 Å². The lowest BCUT2D eigenvalue weighted by atomic mass is 10.2. The van der Waals surface area contributed by atoms with Crippen LogP contribution in [0.25, 0.3) is 5.65 Å². The number of hydrogen-bond donors (Lipinski definition) is 2. The van der Waals surface area contributed by atoms with Crippen molar-refractivity contribution in [1.82, 2.24) is 19.6 Å². The Bertz CT molecular complexity index is 766. The van der Waals surface area contributed by atoms with E-state index >= 15 is 0 Å². The van der Waals surface area contributed by atoms with Crippen molar-refractivity contribution < 1.29 is 0 Å². The highest BCUT2D eigenvalue weighted by molar-refractivity contribution is 7.98. The Kier molecular flexibility index (Phi) is 3.34. The van der Waals surface area contributed by atoms with Gasteiger partial charge in [-0.25, -0.2) is 0 Å². The maximum Gasteiger partial charge on any atom is 0.195 e. The lowest BCUT2D eigenvalue weighted by Crippen LogP contribution is -2.13. The van der Waals surface area contributed by atoms with Crippen LogP contribution in [0.1, 0.15) is 11.3 Å². The van der Waals surface area contributed by atoms with Crippen molar-refractivity contribution >= 4 is 23.2 Å². The standard InChI is InChI=1S/C13H12N6S/c14-12(15)10-7-9(4-5-16-10)8-20-13-18-17-11-3-1-2-6-19(11)13/h1-7H,8H2,(H3,14,15). The number of thioether (sulfide) groups is 1. The number of amidine groups is 1. The largest absolute Gasteiger partial charge is 0.382 e. The van der Waals surface area contributed by atoms with Crippen molar-refractivity contribution in [3.05, 3.63) is 54.0 Å². The van der Waals surface area contributed by atoms with E-state index in [1.54, 1.807) is 18.0 Å². The number of pyridine rings is 2. The second-order valence-corrected chi connectivity index (χ2v) is 5.11. The van der Waals surface area contributed by atoms with Crippen LogP contribution in [0.15, 0.2) is 47.9 Å². The molecular formula is C13H12N6S. The number of hydrogen-bond acceptors (Lipinski definition) is 5. The van der Waals surface area contributed by atoms with Gasteiger partial charge in [-0.3, -0.25) is 14.8 Å². The molecule has 0 unspecified atom stereocenters. The number of fused-ring (bicyclic) bond motifs is 1. The second-order valence-electron chi connectivity index (χ2n) is 4.16. The molecule has 0 radical (unpaired) electrons. The molecule has 6 nitrogen and oxygen atoms in total. The van der Waals surface area contributed by atoms with Crippen LogP contribution in [0.3, 0.4) is 0 Å². The molecule has 7 heteroatoms. The molecule has 0 aliphatic carbocycles. The summed E-state index contributed by atoms with van der Waals surface area (Å²) in [4.78, 5) is 4.04. The lowest BCUT2D eigenvalue weighted by Gasteiger charge is -2.02. The highest BCUT2D eigenvalue weighted by Crippen LogP contribution is 2.21. The molecule has 0 atom stereocenters. The van der Waals surface area contributed by atoms with E-state index in [4.69, 9.17) is 11.1 Å². The van der Waals surface area contributed by atoms with Gasteiger partial charge in [0.05, 0.1) is 0 Å². The van der Waals surface area contributed by atoms with Crippen molar-refractivity contribution in [3.8, 4) is 0 Å². The Labute approximate surface area is 119 Å². The van der Waals surface area contributed by atoms with E-state index in [0.29, 0.717) is 5.69 Å². The van der Waals surface area contributed by atoms with Gasteiger partial charge in [0, 0.05) is 18.1 Å². The van der Waals surface area contributed by atoms with E-state index in [0.717, 1.165) is 22.1 Å². The highest BCUT2D eigenvalue weighted by atomic mass is 32.2. The first-order valence-electron chi connectivity index (χ1n) is 5.96. The zero-order valence-electron chi connectivity index (χ0n) is 10.5. The molecule has 0 saturated heterocycles. The molecule has 0 aliphatic rings. The summed E-state index contributed by atoms with van der Waals surface area (Å²) in [5.74, 6) is 0.697. The molecule has 3 rings (SSSR count). The summed E-state index contributed by atoms with van der Waals surface area (Å²) in [5.41, 5.74) is 7.80. The van der Waals surface area contributed by atoms with E-state index in [1.165, 1.54) is 0 Å². The zero-order chi connectivity index (χ0) is 13.9. The Balaban J connectivity index is 1.79. The van der Waals surface area contributed by atoms with E-state index in [1.807, 2.05) is 40.9 Å². The van der Waals surface area contributed by atoms with Crippen LogP contribution in [-0.2, 0) is 5.75 Å². The van der Waals surface area contributed by atoms with Crippen LogP contribution in [0.2, 0.25) is 0 Å². The second kappa shape index (κ2) is 5.30. The fraction of sp³-hybridized carbons (Fsp3) is 0.0769. The van der Waals surface area contributed by atoms with Gasteiger partial charge < -0.3 is 5.73 Å². The minimum Gasteiger partial charge on any atom is -0.382 e. The fourth-order valence-electron chi connectivity index (χ4n) is 1.78. The third kappa shape index (κ3) is 2.48. The molecular weight excluding hydrogens is 272 g/mol. The van der Waals surface area contributed by atoms with Crippen molar-refractivity contribution in [2.45, 2.75) is 10.9 Å². The van der Waals surface area contributed by atoms with E-state index in [2.05, 4.69) is 15.2 Å². The van der Waals surface area contributed by atoms with E-state index < -0.39 is 0 Å². The van der Waals surface area contributed by atoms with Crippen molar-refractivity contribution in [1.29, 1.82) is 5.41 Å². The summed E-state index contributed by atoms with van der Waals surface area (Å²) in [6, 6.07) is 9.51. The Morgan fingerprint density at radius 3 is 3.05 bits per heavy atom. The number of nitrogens with two attached hydrogens (primary N) is 1. The van der Waals surface area contributed by atoms with Gasteiger partial charge in [0.25, 0.3) is 0 Å². The lowest BCUT2D eigenvalue weighted by molar-refractivity contribution is 0.921. The molecule has 0 bridgehead atoms. The minimum atomic E-state index is -0.0234. The average molecular weight is 284 g/mol. The molecule has 3 N–H and O–H groups in total. The average Bonchev–Trinajstić information content (AvgIpc) is 2.89. The predicted molar refractivity (Wildman–Crippen MR) is 77.8 cm³/mol. The van der Waals surface area contributed by atoms with Crippen LogP contribution >= 0.6 is 11.8 Å². The maximum atomic E-state index is 7.39. The molecule has 20 heavy (non-hydrogen) atoms. The zero-order valence-corrected chi connectivity index (χ0v) is 11.3. The molecule has 0 spiro atoms. The number of nitrogens with zero attached hydrogens (tertiary/aromatic N) is 4. The molecule has 0 fully saturated rings. The molecule has 0 aliphatic heterocycles. The molecule has 0 aromatic carbocycles. The minimum absolute atomic E-state index is 0.0234. The third-order valence-corrected chi connectivity index (χ3v) is 3.76. The summed E-state index contributed by atoms with van der Waals surface area (Å²) >= 11 is 1.58. The summed E-state index contributed by atoms with van der Waals surface area (Å²) in [5, 5.41) is 16.5. The van der Waals surface area contributed by atoms with Crippen LogP contribution in [-0.4, -0.2) is 25.4 Å². The summed E-state index contributed by atoms with van der Waals surface area (Å²) in [6.07, 6.45) is 3.60. The van der Waals surface area contributed by atoms with Gasteiger partial charge in [-0.1, -0.05) is 17.8 Å². The molecule has 0 saturated carbocycles. The molecule has 3 aromatic heterocycles. The number of nitrogen functional groups attached to an aromatic ring is 1. The van der Waals surface area contributed by atoms with Gasteiger partial charge in [0.1, 0.15) is 11.5 Å². The number of nitrogens with one attached hydrogen (secondary N) is 1. The van der Waals surface area contributed by atoms with E-state index in [-0.39, 0.29) is 5.84 Å². The molecule has 0 amide bonds.